The average molecular weight is 301 g/mol. The minimum atomic E-state index is -0.422. The zero-order chi connectivity index (χ0) is 11.7. The van der Waals surface area contributed by atoms with Crippen LogP contribution >= 0.6 is 28.1 Å². The van der Waals surface area contributed by atoms with Gasteiger partial charge in [0.25, 0.3) is 5.91 Å². The van der Waals surface area contributed by atoms with Gasteiger partial charge in [-0.3, -0.25) is 4.79 Å². The number of ether oxygens (including phenoxy) is 1. The number of hydrogen-bond donors (Lipinski definition) is 2. The van der Waals surface area contributed by atoms with E-state index in [4.69, 9.17) is 17.0 Å². The van der Waals surface area contributed by atoms with E-state index in [1.165, 1.54) is 0 Å². The first-order chi connectivity index (χ1) is 7.61. The lowest BCUT2D eigenvalue weighted by molar-refractivity contribution is -0.120. The highest BCUT2D eigenvalue weighted by atomic mass is 79.9. The Morgan fingerprint density at radius 3 is 2.75 bits per heavy atom. The molecule has 6 heteroatoms. The van der Waals surface area contributed by atoms with Crippen LogP contribution in [0.4, 0.5) is 0 Å². The molecule has 1 unspecified atom stereocenters. The molecule has 0 aliphatic carbocycles. The quantitative estimate of drug-likeness (QED) is 0.813. The fourth-order valence-electron chi connectivity index (χ4n) is 1.51. The Morgan fingerprint density at radius 2 is 2.25 bits per heavy atom. The number of carbonyl (C=O) groups is 1. The van der Waals surface area contributed by atoms with Crippen LogP contribution in [-0.2, 0) is 4.79 Å². The van der Waals surface area contributed by atoms with Crippen LogP contribution in [-0.4, -0.2) is 18.1 Å². The number of halogens is 1. The predicted molar refractivity (Wildman–Crippen MR) is 67.3 cm³/mol. The van der Waals surface area contributed by atoms with Gasteiger partial charge in [0.2, 0.25) is 0 Å². The molecule has 2 rings (SSSR count). The monoisotopic (exact) mass is 300 g/mol. The van der Waals surface area contributed by atoms with Crippen LogP contribution in [0.25, 0.3) is 0 Å². The van der Waals surface area contributed by atoms with Gasteiger partial charge in [0.15, 0.2) is 5.11 Å². The number of carbonyl (C=O) groups excluding carboxylic acids is 1. The lowest BCUT2D eigenvalue weighted by Crippen LogP contribution is -2.21. The van der Waals surface area contributed by atoms with Crippen molar-refractivity contribution in [3.8, 4) is 5.75 Å². The highest BCUT2D eigenvalue weighted by molar-refractivity contribution is 9.10. The number of nitrogens with one attached hydrogen (secondary N) is 2. The summed E-state index contributed by atoms with van der Waals surface area (Å²) < 4.78 is 5.92. The van der Waals surface area contributed by atoms with Gasteiger partial charge in [-0.1, -0.05) is 6.07 Å². The molecule has 1 aromatic carbocycles. The second kappa shape index (κ2) is 4.39. The normalized spacial score (nSPS) is 19.2. The number of rotatable bonds is 2. The van der Waals surface area contributed by atoms with Crippen LogP contribution in [0.3, 0.4) is 0 Å². The molecule has 1 aromatic rings. The zero-order valence-corrected chi connectivity index (χ0v) is 10.8. The molecule has 1 aliphatic heterocycles. The predicted octanol–water partition coefficient (Wildman–Crippen LogP) is 1.50. The number of benzene rings is 1. The summed E-state index contributed by atoms with van der Waals surface area (Å²) >= 11 is 8.25. The van der Waals surface area contributed by atoms with E-state index in [0.717, 1.165) is 15.8 Å². The van der Waals surface area contributed by atoms with Crippen LogP contribution < -0.4 is 15.4 Å². The maximum atomic E-state index is 11.5. The van der Waals surface area contributed by atoms with Crippen molar-refractivity contribution in [1.29, 1.82) is 0 Å². The van der Waals surface area contributed by atoms with Gasteiger partial charge in [-0.25, -0.2) is 0 Å². The molecule has 0 saturated carbocycles. The molecule has 16 heavy (non-hydrogen) atoms. The van der Waals surface area contributed by atoms with E-state index in [9.17, 15) is 4.79 Å². The van der Waals surface area contributed by atoms with Crippen molar-refractivity contribution in [2.45, 2.75) is 6.04 Å². The lowest BCUT2D eigenvalue weighted by Gasteiger charge is -2.10. The minimum Gasteiger partial charge on any atom is -0.496 e. The van der Waals surface area contributed by atoms with Crippen molar-refractivity contribution in [2.75, 3.05) is 7.11 Å². The van der Waals surface area contributed by atoms with E-state index in [2.05, 4.69) is 26.6 Å². The highest BCUT2D eigenvalue weighted by Crippen LogP contribution is 2.28. The van der Waals surface area contributed by atoms with Gasteiger partial charge in [-0.15, -0.1) is 0 Å². The lowest BCUT2D eigenvalue weighted by atomic mass is 10.1. The smallest absolute Gasteiger partial charge is 0.253 e. The third-order valence-corrected chi connectivity index (χ3v) is 3.12. The molecule has 1 fully saturated rings. The summed E-state index contributed by atoms with van der Waals surface area (Å²) in [6, 6.07) is 5.05. The van der Waals surface area contributed by atoms with E-state index >= 15 is 0 Å². The number of thiocarbonyl (C=S) groups is 1. The Morgan fingerprint density at radius 1 is 1.50 bits per heavy atom. The third kappa shape index (κ3) is 2.03. The molecule has 4 nitrogen and oxygen atoms in total. The summed E-state index contributed by atoms with van der Waals surface area (Å²) in [6.07, 6.45) is 0. The molecule has 1 aliphatic rings. The van der Waals surface area contributed by atoms with E-state index in [1.54, 1.807) is 13.2 Å². The van der Waals surface area contributed by atoms with Crippen LogP contribution in [0.1, 0.15) is 11.6 Å². The van der Waals surface area contributed by atoms with Gasteiger partial charge >= 0.3 is 0 Å². The first-order valence-corrected chi connectivity index (χ1v) is 5.76. The number of methoxy groups -OCH3 is 1. The topological polar surface area (TPSA) is 50.4 Å². The van der Waals surface area contributed by atoms with Crippen LogP contribution in [0.2, 0.25) is 0 Å². The van der Waals surface area contributed by atoms with Crippen molar-refractivity contribution in [3.63, 3.8) is 0 Å². The summed E-state index contributed by atoms with van der Waals surface area (Å²) in [6.45, 7) is 0. The molecule has 0 radical (unpaired) electrons. The zero-order valence-electron chi connectivity index (χ0n) is 8.41. The molecule has 1 atom stereocenters. The Kier molecular flexibility index (Phi) is 3.11. The molecule has 0 aromatic heterocycles. The molecule has 0 spiro atoms. The number of hydrogen-bond acceptors (Lipinski definition) is 3. The van der Waals surface area contributed by atoms with Gasteiger partial charge in [0.1, 0.15) is 11.8 Å². The molecular weight excluding hydrogens is 292 g/mol. The van der Waals surface area contributed by atoms with Gasteiger partial charge in [0.05, 0.1) is 11.6 Å². The summed E-state index contributed by atoms with van der Waals surface area (Å²) in [5.74, 6) is 0.590. The van der Waals surface area contributed by atoms with Gasteiger partial charge in [0, 0.05) is 0 Å². The average Bonchev–Trinajstić information content (AvgIpc) is 2.58. The fraction of sp³-hybridized carbons (Fsp3) is 0.200. The Labute approximate surface area is 106 Å². The fourth-order valence-corrected chi connectivity index (χ4v) is 2.29. The van der Waals surface area contributed by atoms with E-state index < -0.39 is 6.04 Å². The standard InChI is InChI=1S/C10H9BrN2O2S/c1-15-7-3-2-5(4-6(7)11)8-9(14)13-10(16)12-8/h2-4,8H,1H3,(H2,12,13,14,16). The van der Waals surface area contributed by atoms with E-state index in [0.29, 0.717) is 5.11 Å². The second-order valence-corrected chi connectivity index (χ2v) is 4.55. The molecule has 1 heterocycles. The maximum Gasteiger partial charge on any atom is 0.253 e. The van der Waals surface area contributed by atoms with Crippen molar-refractivity contribution in [2.24, 2.45) is 0 Å². The summed E-state index contributed by atoms with van der Waals surface area (Å²) in [5.41, 5.74) is 0.838. The van der Waals surface area contributed by atoms with Crippen LogP contribution in [0.5, 0.6) is 5.75 Å². The molecule has 1 amide bonds. The van der Waals surface area contributed by atoms with Gasteiger partial charge < -0.3 is 15.4 Å². The van der Waals surface area contributed by atoms with E-state index in [-0.39, 0.29) is 5.91 Å². The van der Waals surface area contributed by atoms with Crippen molar-refractivity contribution < 1.29 is 9.53 Å². The largest absolute Gasteiger partial charge is 0.496 e. The van der Waals surface area contributed by atoms with Crippen molar-refractivity contribution in [3.05, 3.63) is 28.2 Å². The van der Waals surface area contributed by atoms with Crippen LogP contribution in [0.15, 0.2) is 22.7 Å². The molecule has 2 N–H and O–H groups in total. The second-order valence-electron chi connectivity index (χ2n) is 3.29. The molecule has 1 saturated heterocycles. The minimum absolute atomic E-state index is 0.137. The van der Waals surface area contributed by atoms with Crippen molar-refractivity contribution in [1.82, 2.24) is 10.6 Å². The van der Waals surface area contributed by atoms with Gasteiger partial charge in [-0.05, 0) is 45.8 Å². The SMILES string of the molecule is COc1ccc(C2NC(=S)NC2=O)cc1Br. The Hall–Kier alpha value is -1.14. The van der Waals surface area contributed by atoms with Gasteiger partial charge in [-0.2, -0.15) is 0 Å². The highest BCUT2D eigenvalue weighted by Gasteiger charge is 2.28. The van der Waals surface area contributed by atoms with Crippen molar-refractivity contribution >= 4 is 39.2 Å². The van der Waals surface area contributed by atoms with E-state index in [1.807, 2.05) is 12.1 Å². The molecular formula is C10H9BrN2O2S. The first-order valence-electron chi connectivity index (χ1n) is 4.56. The summed E-state index contributed by atoms with van der Waals surface area (Å²) in [5, 5.41) is 5.80. The molecule has 84 valence electrons. The maximum absolute atomic E-state index is 11.5. The molecule has 0 bridgehead atoms. The first kappa shape index (κ1) is 11.3. The Balaban J connectivity index is 2.31. The summed E-state index contributed by atoms with van der Waals surface area (Å²) in [7, 11) is 1.59. The Bertz CT molecular complexity index is 464. The van der Waals surface area contributed by atoms with Crippen LogP contribution in [0, 0.1) is 0 Å². The number of amides is 1. The third-order valence-electron chi connectivity index (χ3n) is 2.28. The summed E-state index contributed by atoms with van der Waals surface area (Å²) in [4.78, 5) is 11.5.